The second-order valence-electron chi connectivity index (χ2n) is 8.51. The highest BCUT2D eigenvalue weighted by Gasteiger charge is 2.49. The Bertz CT molecular complexity index is 887. The standard InChI is InChI=1S/C21H30FN5O2/c1-20(2)11-17(21(3,4)27(20)5)25-18-14(22)12-23-19(26-18)24-13-8-9-15(28-6)16(10-13)29-7/h8-10,12,17H,11H2,1-7H3,(H2,23,24,25,26). The number of nitrogens with zero attached hydrogens (tertiary/aromatic N) is 3. The van der Waals surface area contributed by atoms with Crippen molar-refractivity contribution in [2.45, 2.75) is 51.2 Å². The number of hydrogen-bond acceptors (Lipinski definition) is 7. The van der Waals surface area contributed by atoms with Crippen LogP contribution in [0.3, 0.4) is 0 Å². The Morgan fingerprint density at radius 3 is 2.41 bits per heavy atom. The number of hydrogen-bond donors (Lipinski definition) is 2. The van der Waals surface area contributed by atoms with E-state index in [9.17, 15) is 4.39 Å². The predicted molar refractivity (Wildman–Crippen MR) is 113 cm³/mol. The SMILES string of the molecule is COc1ccc(Nc2ncc(F)c(NC3CC(C)(C)N(C)C3(C)C)n2)cc1OC. The molecule has 1 aromatic carbocycles. The van der Waals surface area contributed by atoms with Crippen molar-refractivity contribution < 1.29 is 13.9 Å². The fraction of sp³-hybridized carbons (Fsp3) is 0.524. The number of nitrogens with one attached hydrogen (secondary N) is 2. The Morgan fingerprint density at radius 1 is 1.14 bits per heavy atom. The summed E-state index contributed by atoms with van der Waals surface area (Å²) >= 11 is 0. The number of rotatable bonds is 6. The number of likely N-dealkylation sites (N-methyl/N-ethyl adjacent to an activating group) is 1. The van der Waals surface area contributed by atoms with Crippen LogP contribution < -0.4 is 20.1 Å². The third-order valence-electron chi connectivity index (χ3n) is 6.02. The van der Waals surface area contributed by atoms with Crippen LogP contribution in [-0.2, 0) is 0 Å². The Kier molecular flexibility index (Phi) is 5.58. The third kappa shape index (κ3) is 4.07. The monoisotopic (exact) mass is 403 g/mol. The van der Waals surface area contributed by atoms with Crippen molar-refractivity contribution >= 4 is 17.5 Å². The van der Waals surface area contributed by atoms with Gasteiger partial charge in [0, 0.05) is 28.9 Å². The first-order valence-electron chi connectivity index (χ1n) is 9.60. The van der Waals surface area contributed by atoms with Crippen LogP contribution >= 0.6 is 0 Å². The molecule has 2 heterocycles. The number of methoxy groups -OCH3 is 2. The van der Waals surface area contributed by atoms with Gasteiger partial charge in [0.05, 0.1) is 20.4 Å². The molecule has 0 spiro atoms. The molecule has 2 aromatic rings. The number of halogens is 1. The molecule has 1 aliphatic rings. The van der Waals surface area contributed by atoms with E-state index in [1.165, 1.54) is 6.20 Å². The van der Waals surface area contributed by atoms with Crippen LogP contribution in [0.15, 0.2) is 24.4 Å². The van der Waals surface area contributed by atoms with Gasteiger partial charge in [0.2, 0.25) is 5.95 Å². The summed E-state index contributed by atoms with van der Waals surface area (Å²) in [5.41, 5.74) is 0.561. The third-order valence-corrected chi connectivity index (χ3v) is 6.02. The highest BCUT2D eigenvalue weighted by molar-refractivity contribution is 5.60. The molecule has 158 valence electrons. The molecular weight excluding hydrogens is 373 g/mol. The summed E-state index contributed by atoms with van der Waals surface area (Å²) in [7, 11) is 5.25. The summed E-state index contributed by atoms with van der Waals surface area (Å²) in [6.45, 7) is 8.69. The van der Waals surface area contributed by atoms with Gasteiger partial charge < -0.3 is 20.1 Å². The van der Waals surface area contributed by atoms with E-state index in [2.05, 4.69) is 60.2 Å². The van der Waals surface area contributed by atoms with Crippen molar-refractivity contribution in [2.75, 3.05) is 31.9 Å². The number of aromatic nitrogens is 2. The van der Waals surface area contributed by atoms with Gasteiger partial charge in [-0.1, -0.05) is 0 Å². The number of benzene rings is 1. The average molecular weight is 404 g/mol. The van der Waals surface area contributed by atoms with Crippen molar-refractivity contribution in [3.8, 4) is 11.5 Å². The molecule has 29 heavy (non-hydrogen) atoms. The van der Waals surface area contributed by atoms with Crippen molar-refractivity contribution in [3.63, 3.8) is 0 Å². The van der Waals surface area contributed by atoms with E-state index in [1.54, 1.807) is 26.4 Å². The van der Waals surface area contributed by atoms with Crippen LogP contribution in [0.2, 0.25) is 0 Å². The van der Waals surface area contributed by atoms with Gasteiger partial charge in [0.15, 0.2) is 23.1 Å². The summed E-state index contributed by atoms with van der Waals surface area (Å²) in [6, 6.07) is 5.42. The van der Waals surface area contributed by atoms with E-state index in [4.69, 9.17) is 9.47 Å². The fourth-order valence-corrected chi connectivity index (χ4v) is 3.86. The second kappa shape index (κ2) is 7.67. The molecule has 0 aliphatic carbocycles. The minimum atomic E-state index is -0.481. The van der Waals surface area contributed by atoms with Gasteiger partial charge in [0.1, 0.15) is 0 Å². The molecule has 1 aromatic heterocycles. The number of ether oxygens (including phenoxy) is 2. The zero-order valence-electron chi connectivity index (χ0n) is 18.1. The van der Waals surface area contributed by atoms with Crippen LogP contribution in [0.4, 0.5) is 21.8 Å². The molecule has 0 saturated carbocycles. The van der Waals surface area contributed by atoms with E-state index < -0.39 is 5.82 Å². The minimum Gasteiger partial charge on any atom is -0.493 e. The first kappa shape index (κ1) is 21.1. The normalized spacial score (nSPS) is 20.3. The number of likely N-dealkylation sites (tertiary alicyclic amines) is 1. The lowest BCUT2D eigenvalue weighted by atomic mass is 9.94. The second-order valence-corrected chi connectivity index (χ2v) is 8.51. The van der Waals surface area contributed by atoms with Crippen LogP contribution in [0.25, 0.3) is 0 Å². The maximum Gasteiger partial charge on any atom is 0.229 e. The maximum absolute atomic E-state index is 14.5. The lowest BCUT2D eigenvalue weighted by Crippen LogP contribution is -2.49. The molecule has 1 atom stereocenters. The van der Waals surface area contributed by atoms with Gasteiger partial charge in [-0.15, -0.1) is 0 Å². The smallest absolute Gasteiger partial charge is 0.229 e. The largest absolute Gasteiger partial charge is 0.493 e. The summed E-state index contributed by atoms with van der Waals surface area (Å²) in [6.07, 6.45) is 2.05. The van der Waals surface area contributed by atoms with Crippen molar-refractivity contribution in [1.29, 1.82) is 0 Å². The topological polar surface area (TPSA) is 71.5 Å². The summed E-state index contributed by atoms with van der Waals surface area (Å²) in [5, 5.41) is 6.39. The molecule has 1 unspecified atom stereocenters. The van der Waals surface area contributed by atoms with Gasteiger partial charge in [0.25, 0.3) is 0 Å². The van der Waals surface area contributed by atoms with Crippen LogP contribution in [0.5, 0.6) is 11.5 Å². The molecule has 3 rings (SSSR count). The lowest BCUT2D eigenvalue weighted by Gasteiger charge is -2.38. The van der Waals surface area contributed by atoms with Crippen LogP contribution in [0.1, 0.15) is 34.1 Å². The van der Waals surface area contributed by atoms with Crippen molar-refractivity contribution in [1.82, 2.24) is 14.9 Å². The van der Waals surface area contributed by atoms with Gasteiger partial charge in [-0.3, -0.25) is 4.90 Å². The van der Waals surface area contributed by atoms with Gasteiger partial charge in [-0.05, 0) is 53.3 Å². The first-order chi connectivity index (χ1) is 13.6. The van der Waals surface area contributed by atoms with Gasteiger partial charge in [-0.2, -0.15) is 4.98 Å². The molecule has 7 nitrogen and oxygen atoms in total. The molecule has 0 radical (unpaired) electrons. The average Bonchev–Trinajstić information content (AvgIpc) is 2.83. The molecule has 0 amide bonds. The Labute approximate surface area is 171 Å². The highest BCUT2D eigenvalue weighted by Crippen LogP contribution is 2.40. The Hall–Kier alpha value is -2.61. The van der Waals surface area contributed by atoms with E-state index in [0.717, 1.165) is 6.42 Å². The molecule has 1 fully saturated rings. The van der Waals surface area contributed by atoms with E-state index in [0.29, 0.717) is 23.1 Å². The predicted octanol–water partition coefficient (Wildman–Crippen LogP) is 4.05. The summed E-state index contributed by atoms with van der Waals surface area (Å²) in [4.78, 5) is 10.8. The van der Waals surface area contributed by atoms with Crippen LogP contribution in [0, 0.1) is 5.82 Å². The molecular formula is C21H30FN5O2. The van der Waals surface area contributed by atoms with Gasteiger partial charge >= 0.3 is 0 Å². The zero-order valence-corrected chi connectivity index (χ0v) is 18.1. The zero-order chi connectivity index (χ0) is 21.4. The Balaban J connectivity index is 1.82. The van der Waals surface area contributed by atoms with E-state index >= 15 is 0 Å². The minimum absolute atomic E-state index is 0.00536. The molecule has 0 bridgehead atoms. The lowest BCUT2D eigenvalue weighted by molar-refractivity contribution is 0.112. The summed E-state index contributed by atoms with van der Waals surface area (Å²) < 4.78 is 25.0. The summed E-state index contributed by atoms with van der Waals surface area (Å²) in [5.74, 6) is 1.20. The molecule has 2 N–H and O–H groups in total. The highest BCUT2D eigenvalue weighted by atomic mass is 19.1. The molecule has 1 saturated heterocycles. The fourth-order valence-electron chi connectivity index (χ4n) is 3.86. The Morgan fingerprint density at radius 2 is 1.83 bits per heavy atom. The number of anilines is 3. The van der Waals surface area contributed by atoms with Gasteiger partial charge in [-0.25, -0.2) is 9.37 Å². The maximum atomic E-state index is 14.5. The van der Waals surface area contributed by atoms with E-state index in [1.807, 2.05) is 6.07 Å². The quantitative estimate of drug-likeness (QED) is 0.754. The van der Waals surface area contributed by atoms with Crippen molar-refractivity contribution in [3.05, 3.63) is 30.2 Å². The van der Waals surface area contributed by atoms with E-state index in [-0.39, 0.29) is 22.9 Å². The van der Waals surface area contributed by atoms with Crippen LogP contribution in [-0.4, -0.2) is 53.3 Å². The first-order valence-corrected chi connectivity index (χ1v) is 9.60. The van der Waals surface area contributed by atoms with Crippen molar-refractivity contribution in [2.24, 2.45) is 0 Å². The molecule has 1 aliphatic heterocycles. The molecule has 8 heteroatoms.